The van der Waals surface area contributed by atoms with Crippen molar-refractivity contribution in [2.75, 3.05) is 0 Å². The molecular formula is C23H23N3O2S. The van der Waals surface area contributed by atoms with Gasteiger partial charge in [0, 0.05) is 23.6 Å². The van der Waals surface area contributed by atoms with Crippen molar-refractivity contribution in [1.29, 1.82) is 0 Å². The molecule has 0 atom stereocenters. The molecule has 0 saturated heterocycles. The van der Waals surface area contributed by atoms with Crippen molar-refractivity contribution in [1.82, 2.24) is 15.2 Å². The molecule has 1 N–H and O–H groups in total. The van der Waals surface area contributed by atoms with Crippen molar-refractivity contribution in [2.24, 2.45) is 5.92 Å². The molecule has 5 rings (SSSR count). The maximum absolute atomic E-state index is 12.1. The molecule has 2 heterocycles. The van der Waals surface area contributed by atoms with Crippen LogP contribution in [0, 0.1) is 5.92 Å². The molecule has 2 aromatic carbocycles. The largest absolute Gasteiger partial charge is 0.423 e. The average Bonchev–Trinajstić information content (AvgIpc) is 3.42. The summed E-state index contributed by atoms with van der Waals surface area (Å²) in [5, 5.41) is 11.4. The van der Waals surface area contributed by atoms with Gasteiger partial charge in [-0.25, -0.2) is 9.78 Å². The van der Waals surface area contributed by atoms with Gasteiger partial charge in [-0.05, 0) is 34.7 Å². The number of nitrogens with one attached hydrogen (secondary N) is 1. The minimum Gasteiger partial charge on any atom is -0.423 e. The second kappa shape index (κ2) is 8.03. The highest BCUT2D eigenvalue weighted by Gasteiger charge is 2.16. The van der Waals surface area contributed by atoms with Crippen LogP contribution in [0.1, 0.15) is 43.5 Å². The topological polar surface area (TPSA) is 71.8 Å². The van der Waals surface area contributed by atoms with Gasteiger partial charge in [-0.1, -0.05) is 67.8 Å². The predicted octanol–water partition coefficient (Wildman–Crippen LogP) is 5.48. The minimum absolute atomic E-state index is 0.323. The van der Waals surface area contributed by atoms with E-state index in [4.69, 9.17) is 4.42 Å². The van der Waals surface area contributed by atoms with E-state index in [1.54, 1.807) is 17.8 Å². The lowest BCUT2D eigenvalue weighted by Gasteiger charge is -2.07. The van der Waals surface area contributed by atoms with Crippen LogP contribution in [0.25, 0.3) is 21.7 Å². The first kappa shape index (κ1) is 18.4. The molecule has 5 nitrogen and oxygen atoms in total. The van der Waals surface area contributed by atoms with Crippen molar-refractivity contribution < 1.29 is 4.42 Å². The summed E-state index contributed by atoms with van der Waals surface area (Å²) in [5.41, 5.74) is 1.25. The van der Waals surface area contributed by atoms with Crippen molar-refractivity contribution in [3.05, 3.63) is 64.3 Å². The van der Waals surface area contributed by atoms with Crippen molar-refractivity contribution in [3.63, 3.8) is 0 Å². The smallest absolute Gasteiger partial charge is 0.336 e. The summed E-state index contributed by atoms with van der Waals surface area (Å²) < 4.78 is 5.44. The summed E-state index contributed by atoms with van der Waals surface area (Å²) in [6.45, 7) is 0. The third-order valence-corrected chi connectivity index (χ3v) is 6.74. The van der Waals surface area contributed by atoms with E-state index < -0.39 is 0 Å². The summed E-state index contributed by atoms with van der Waals surface area (Å²) in [6.07, 6.45) is 7.60. The highest BCUT2D eigenvalue weighted by Crippen LogP contribution is 2.31. The Morgan fingerprint density at radius 1 is 1.14 bits per heavy atom. The molecule has 0 bridgehead atoms. The first-order chi connectivity index (χ1) is 14.3. The van der Waals surface area contributed by atoms with Crippen LogP contribution >= 0.6 is 11.8 Å². The van der Waals surface area contributed by atoms with Gasteiger partial charge in [0.25, 0.3) is 0 Å². The van der Waals surface area contributed by atoms with Crippen LogP contribution in [0.2, 0.25) is 0 Å². The molecule has 0 unspecified atom stereocenters. The van der Waals surface area contributed by atoms with E-state index in [-0.39, 0.29) is 5.63 Å². The molecule has 0 spiro atoms. The molecule has 2 aromatic heterocycles. The van der Waals surface area contributed by atoms with Crippen LogP contribution in [-0.2, 0) is 12.2 Å². The Bertz CT molecular complexity index is 1210. The normalized spacial score (nSPS) is 14.9. The fourth-order valence-corrected chi connectivity index (χ4v) is 5.17. The summed E-state index contributed by atoms with van der Waals surface area (Å²) in [5.74, 6) is 2.43. The maximum Gasteiger partial charge on any atom is 0.336 e. The van der Waals surface area contributed by atoms with Crippen LogP contribution in [0.15, 0.2) is 56.8 Å². The zero-order valence-electron chi connectivity index (χ0n) is 16.2. The summed E-state index contributed by atoms with van der Waals surface area (Å²) in [6, 6.07) is 13.6. The number of fused-ring (bicyclic) bond motifs is 3. The van der Waals surface area contributed by atoms with E-state index in [9.17, 15) is 4.79 Å². The molecule has 6 heteroatoms. The molecule has 1 fully saturated rings. The fourth-order valence-electron chi connectivity index (χ4n) is 4.37. The molecule has 4 aromatic rings. The van der Waals surface area contributed by atoms with Gasteiger partial charge in [-0.15, -0.1) is 5.10 Å². The molecule has 1 saturated carbocycles. The van der Waals surface area contributed by atoms with E-state index in [0.29, 0.717) is 11.3 Å². The monoisotopic (exact) mass is 405 g/mol. The van der Waals surface area contributed by atoms with Crippen LogP contribution in [0.5, 0.6) is 0 Å². The Balaban J connectivity index is 1.36. The lowest BCUT2D eigenvalue weighted by molar-refractivity contribution is 0.497. The zero-order valence-corrected chi connectivity index (χ0v) is 17.0. The van der Waals surface area contributed by atoms with Crippen molar-refractivity contribution >= 4 is 33.5 Å². The number of aromatic amines is 1. The van der Waals surface area contributed by atoms with Crippen molar-refractivity contribution in [2.45, 2.75) is 49.4 Å². The van der Waals surface area contributed by atoms with Gasteiger partial charge in [0.05, 0.1) is 0 Å². The Morgan fingerprint density at radius 2 is 2.00 bits per heavy atom. The van der Waals surface area contributed by atoms with Crippen LogP contribution in [-0.4, -0.2) is 15.2 Å². The summed E-state index contributed by atoms with van der Waals surface area (Å²) >= 11 is 1.55. The maximum atomic E-state index is 12.1. The van der Waals surface area contributed by atoms with Gasteiger partial charge in [0.1, 0.15) is 11.4 Å². The lowest BCUT2D eigenvalue weighted by atomic mass is 10.0. The molecule has 1 aliphatic rings. The van der Waals surface area contributed by atoms with Crippen LogP contribution in [0.3, 0.4) is 0 Å². The standard InChI is InChI=1S/C23H23N3O2S/c27-21-13-17(22-18-8-4-3-7-16(18)10-11-19(22)28-21)14-29-23-24-20(25-26-23)12-9-15-5-1-2-6-15/h3-4,7-8,10-11,13,15H,1-2,5-6,9,12,14H2,(H,24,25,26). The molecule has 0 radical (unpaired) electrons. The minimum atomic E-state index is -0.323. The second-order valence-electron chi connectivity index (χ2n) is 7.79. The summed E-state index contributed by atoms with van der Waals surface area (Å²) in [4.78, 5) is 16.7. The van der Waals surface area contributed by atoms with E-state index in [2.05, 4.69) is 27.3 Å². The van der Waals surface area contributed by atoms with E-state index in [1.807, 2.05) is 24.3 Å². The van der Waals surface area contributed by atoms with Gasteiger partial charge >= 0.3 is 5.63 Å². The lowest BCUT2D eigenvalue weighted by Crippen LogP contribution is -2.00. The first-order valence-electron chi connectivity index (χ1n) is 10.2. The molecule has 0 amide bonds. The Kier molecular flexibility index (Phi) is 5.10. The Labute approximate surface area is 172 Å². The number of aromatic nitrogens is 3. The number of thioether (sulfide) groups is 1. The fraction of sp³-hybridized carbons (Fsp3) is 0.348. The number of nitrogens with zero attached hydrogens (tertiary/aromatic N) is 2. The first-order valence-corrected chi connectivity index (χ1v) is 11.2. The Hall–Kier alpha value is -2.60. The number of benzene rings is 2. The van der Waals surface area contributed by atoms with Gasteiger partial charge in [-0.2, -0.15) is 0 Å². The van der Waals surface area contributed by atoms with E-state index in [1.165, 1.54) is 32.1 Å². The average molecular weight is 406 g/mol. The molecule has 1 aliphatic carbocycles. The Morgan fingerprint density at radius 3 is 2.90 bits per heavy atom. The third-order valence-electron chi connectivity index (χ3n) is 5.85. The quantitative estimate of drug-likeness (QED) is 0.261. The molecule has 29 heavy (non-hydrogen) atoms. The zero-order chi connectivity index (χ0) is 19.6. The van der Waals surface area contributed by atoms with Crippen LogP contribution in [0.4, 0.5) is 0 Å². The van der Waals surface area contributed by atoms with Gasteiger partial charge < -0.3 is 4.42 Å². The highest BCUT2D eigenvalue weighted by atomic mass is 32.2. The third kappa shape index (κ3) is 3.94. The second-order valence-corrected chi connectivity index (χ2v) is 8.74. The number of hydrogen-bond donors (Lipinski definition) is 1. The number of rotatable bonds is 6. The van der Waals surface area contributed by atoms with Crippen molar-refractivity contribution in [3.8, 4) is 0 Å². The SMILES string of the molecule is O=c1cc(CSc2n[nH]c(CCC3CCCC3)n2)c2c(ccc3ccccc32)o1. The number of H-pyrrole nitrogens is 1. The number of hydrogen-bond acceptors (Lipinski definition) is 5. The van der Waals surface area contributed by atoms with Crippen LogP contribution < -0.4 is 5.63 Å². The van der Waals surface area contributed by atoms with Gasteiger partial charge in [-0.3, -0.25) is 5.10 Å². The number of aryl methyl sites for hydroxylation is 1. The predicted molar refractivity (Wildman–Crippen MR) is 116 cm³/mol. The highest BCUT2D eigenvalue weighted by molar-refractivity contribution is 7.98. The van der Waals surface area contributed by atoms with Gasteiger partial charge in [0.15, 0.2) is 0 Å². The molecule has 148 valence electrons. The molecular weight excluding hydrogens is 382 g/mol. The van der Waals surface area contributed by atoms with E-state index in [0.717, 1.165) is 45.0 Å². The van der Waals surface area contributed by atoms with Gasteiger partial charge in [0.2, 0.25) is 5.16 Å². The summed E-state index contributed by atoms with van der Waals surface area (Å²) in [7, 11) is 0. The molecule has 0 aliphatic heterocycles. The van der Waals surface area contributed by atoms with E-state index >= 15 is 0 Å².